The van der Waals surface area contributed by atoms with Crippen LogP contribution in [0.25, 0.3) is 0 Å². The van der Waals surface area contributed by atoms with Gasteiger partial charge in [0.25, 0.3) is 0 Å². The van der Waals surface area contributed by atoms with E-state index in [2.05, 4.69) is 28.2 Å². The van der Waals surface area contributed by atoms with Crippen LogP contribution in [0, 0.1) is 12.7 Å². The molecule has 0 radical (unpaired) electrons. The van der Waals surface area contributed by atoms with Crippen molar-refractivity contribution in [3.8, 4) is 5.75 Å². The molecule has 1 saturated heterocycles. The van der Waals surface area contributed by atoms with Crippen LogP contribution in [0.5, 0.6) is 5.75 Å². The first-order valence-corrected chi connectivity index (χ1v) is 6.57. The molecule has 94 valence electrons. The largest absolute Gasteiger partial charge is 0.495 e. The SMILES string of the molecule is COc1c(Br)cc(F)c(C)c1C1(C)CCCN1. The van der Waals surface area contributed by atoms with Crippen LogP contribution in [-0.2, 0) is 5.54 Å². The van der Waals surface area contributed by atoms with Gasteiger partial charge in [-0.3, -0.25) is 0 Å². The monoisotopic (exact) mass is 301 g/mol. The number of nitrogens with one attached hydrogen (secondary N) is 1. The standard InChI is InChI=1S/C13H17BrFNO/c1-8-10(15)7-9(14)12(17-3)11(8)13(2)5-4-6-16-13/h7,16H,4-6H2,1-3H3. The van der Waals surface area contributed by atoms with Crippen molar-refractivity contribution in [3.63, 3.8) is 0 Å². The third-order valence-electron chi connectivity index (χ3n) is 3.56. The molecule has 17 heavy (non-hydrogen) atoms. The summed E-state index contributed by atoms with van der Waals surface area (Å²) in [5.41, 5.74) is 1.41. The second-order valence-electron chi connectivity index (χ2n) is 4.74. The van der Waals surface area contributed by atoms with Crippen LogP contribution < -0.4 is 10.1 Å². The van der Waals surface area contributed by atoms with Crippen LogP contribution >= 0.6 is 15.9 Å². The van der Waals surface area contributed by atoms with Gasteiger partial charge in [0, 0.05) is 11.1 Å². The van der Waals surface area contributed by atoms with Crippen molar-refractivity contribution in [2.24, 2.45) is 0 Å². The van der Waals surface area contributed by atoms with Crippen molar-refractivity contribution in [2.45, 2.75) is 32.2 Å². The van der Waals surface area contributed by atoms with E-state index < -0.39 is 0 Å². The lowest BCUT2D eigenvalue weighted by Gasteiger charge is -2.29. The fourth-order valence-electron chi connectivity index (χ4n) is 2.67. The Bertz CT molecular complexity index is 442. The zero-order chi connectivity index (χ0) is 12.6. The molecule has 0 aromatic heterocycles. The van der Waals surface area contributed by atoms with E-state index in [4.69, 9.17) is 4.74 Å². The fraction of sp³-hybridized carbons (Fsp3) is 0.538. The van der Waals surface area contributed by atoms with E-state index >= 15 is 0 Å². The first-order chi connectivity index (χ1) is 7.99. The molecule has 1 aromatic rings. The van der Waals surface area contributed by atoms with Crippen LogP contribution in [0.1, 0.15) is 30.9 Å². The molecule has 2 rings (SSSR count). The molecule has 0 spiro atoms. The van der Waals surface area contributed by atoms with E-state index in [0.29, 0.717) is 10.0 Å². The van der Waals surface area contributed by atoms with Gasteiger partial charge in [-0.2, -0.15) is 0 Å². The Morgan fingerprint density at radius 3 is 2.76 bits per heavy atom. The molecule has 1 heterocycles. The lowest BCUT2D eigenvalue weighted by molar-refractivity contribution is 0.364. The van der Waals surface area contributed by atoms with E-state index in [1.807, 2.05) is 6.92 Å². The molecular formula is C13H17BrFNO. The van der Waals surface area contributed by atoms with Gasteiger partial charge >= 0.3 is 0 Å². The Morgan fingerprint density at radius 1 is 1.53 bits per heavy atom. The molecule has 1 N–H and O–H groups in total. The average molecular weight is 302 g/mol. The van der Waals surface area contributed by atoms with Gasteiger partial charge in [-0.1, -0.05) is 0 Å². The van der Waals surface area contributed by atoms with Crippen LogP contribution in [0.4, 0.5) is 4.39 Å². The number of methoxy groups -OCH3 is 1. The maximum atomic E-state index is 13.9. The maximum Gasteiger partial charge on any atom is 0.138 e. The summed E-state index contributed by atoms with van der Waals surface area (Å²) in [5.74, 6) is 0.545. The van der Waals surface area contributed by atoms with Gasteiger partial charge in [0.1, 0.15) is 11.6 Å². The summed E-state index contributed by atoms with van der Waals surface area (Å²) < 4.78 is 20.0. The Hall–Kier alpha value is -0.610. The molecule has 4 heteroatoms. The van der Waals surface area contributed by atoms with Crippen molar-refractivity contribution in [3.05, 3.63) is 27.5 Å². The minimum Gasteiger partial charge on any atom is -0.495 e. The summed E-state index contributed by atoms with van der Waals surface area (Å²) in [5, 5.41) is 3.45. The first kappa shape index (κ1) is 12.8. The molecule has 1 atom stereocenters. The van der Waals surface area contributed by atoms with Crippen molar-refractivity contribution in [2.75, 3.05) is 13.7 Å². The van der Waals surface area contributed by atoms with Crippen LogP contribution in [0.15, 0.2) is 10.5 Å². The predicted octanol–water partition coefficient (Wildman–Crippen LogP) is 3.50. The quantitative estimate of drug-likeness (QED) is 0.903. The van der Waals surface area contributed by atoms with Crippen molar-refractivity contribution in [1.29, 1.82) is 0 Å². The summed E-state index contributed by atoms with van der Waals surface area (Å²) in [6.07, 6.45) is 2.10. The Kier molecular flexibility index (Phi) is 3.46. The summed E-state index contributed by atoms with van der Waals surface area (Å²) in [6, 6.07) is 1.47. The van der Waals surface area contributed by atoms with Gasteiger partial charge in [-0.15, -0.1) is 0 Å². The number of rotatable bonds is 2. The van der Waals surface area contributed by atoms with Crippen molar-refractivity contribution in [1.82, 2.24) is 5.32 Å². The fourth-order valence-corrected chi connectivity index (χ4v) is 3.23. The smallest absolute Gasteiger partial charge is 0.138 e. The Morgan fingerprint density at radius 2 is 2.24 bits per heavy atom. The third-order valence-corrected chi connectivity index (χ3v) is 4.14. The van der Waals surface area contributed by atoms with Gasteiger partial charge in [0.2, 0.25) is 0 Å². The minimum atomic E-state index is -0.194. The highest BCUT2D eigenvalue weighted by Crippen LogP contribution is 2.43. The molecule has 0 saturated carbocycles. The first-order valence-electron chi connectivity index (χ1n) is 5.77. The van der Waals surface area contributed by atoms with Gasteiger partial charge in [-0.25, -0.2) is 4.39 Å². The summed E-state index contributed by atoms with van der Waals surface area (Å²) in [6.45, 7) is 4.88. The molecule has 1 unspecified atom stereocenters. The van der Waals surface area contributed by atoms with Gasteiger partial charge in [-0.05, 0) is 60.8 Å². The number of hydrogen-bond acceptors (Lipinski definition) is 2. The van der Waals surface area contributed by atoms with E-state index in [0.717, 1.165) is 30.7 Å². The molecule has 0 aliphatic carbocycles. The Balaban J connectivity index is 2.65. The van der Waals surface area contributed by atoms with E-state index in [1.54, 1.807) is 7.11 Å². The number of ether oxygens (including phenoxy) is 1. The zero-order valence-electron chi connectivity index (χ0n) is 10.4. The molecule has 1 aromatic carbocycles. The van der Waals surface area contributed by atoms with Gasteiger partial charge < -0.3 is 10.1 Å². The van der Waals surface area contributed by atoms with Crippen molar-refractivity contribution >= 4 is 15.9 Å². The minimum absolute atomic E-state index is 0.192. The highest BCUT2D eigenvalue weighted by molar-refractivity contribution is 9.10. The van der Waals surface area contributed by atoms with E-state index in [-0.39, 0.29) is 11.4 Å². The summed E-state index contributed by atoms with van der Waals surface area (Å²) >= 11 is 3.37. The van der Waals surface area contributed by atoms with Crippen molar-refractivity contribution < 1.29 is 9.13 Å². The lowest BCUT2D eigenvalue weighted by atomic mass is 9.86. The molecule has 1 fully saturated rings. The van der Waals surface area contributed by atoms with Crippen LogP contribution in [0.3, 0.4) is 0 Å². The number of hydrogen-bond donors (Lipinski definition) is 1. The molecule has 1 aliphatic rings. The second kappa shape index (κ2) is 4.58. The molecular weight excluding hydrogens is 285 g/mol. The molecule has 0 bridgehead atoms. The lowest BCUT2D eigenvalue weighted by Crippen LogP contribution is -2.34. The topological polar surface area (TPSA) is 21.3 Å². The van der Waals surface area contributed by atoms with Crippen LogP contribution in [0.2, 0.25) is 0 Å². The highest BCUT2D eigenvalue weighted by atomic mass is 79.9. The van der Waals surface area contributed by atoms with Gasteiger partial charge in [0.15, 0.2) is 0 Å². The molecule has 1 aliphatic heterocycles. The zero-order valence-corrected chi connectivity index (χ0v) is 11.9. The molecule has 2 nitrogen and oxygen atoms in total. The number of benzene rings is 1. The van der Waals surface area contributed by atoms with E-state index in [1.165, 1.54) is 6.07 Å². The summed E-state index contributed by atoms with van der Waals surface area (Å²) in [4.78, 5) is 0. The normalized spacial score (nSPS) is 24.1. The highest BCUT2D eigenvalue weighted by Gasteiger charge is 2.35. The van der Waals surface area contributed by atoms with Crippen LogP contribution in [-0.4, -0.2) is 13.7 Å². The van der Waals surface area contributed by atoms with Gasteiger partial charge in [0.05, 0.1) is 11.6 Å². The van der Waals surface area contributed by atoms with E-state index in [9.17, 15) is 4.39 Å². The maximum absolute atomic E-state index is 13.9. The second-order valence-corrected chi connectivity index (χ2v) is 5.59. The molecule has 0 amide bonds. The summed E-state index contributed by atoms with van der Waals surface area (Å²) in [7, 11) is 1.62. The number of halogens is 2. The predicted molar refractivity (Wildman–Crippen MR) is 70.0 cm³/mol. The Labute approximate surface area is 110 Å². The average Bonchev–Trinajstić information content (AvgIpc) is 2.71. The third kappa shape index (κ3) is 2.08.